The lowest BCUT2D eigenvalue weighted by atomic mass is 9.71. The first kappa shape index (κ1) is 12.3. The molecule has 1 aliphatic heterocycles. The monoisotopic (exact) mass is 229 g/mol. The van der Waals surface area contributed by atoms with E-state index in [0.29, 0.717) is 6.42 Å². The van der Waals surface area contributed by atoms with Crippen molar-refractivity contribution in [2.45, 2.75) is 44.2 Å². The van der Waals surface area contributed by atoms with Crippen molar-refractivity contribution < 1.29 is 15.3 Å². The van der Waals surface area contributed by atoms with E-state index in [0.717, 1.165) is 25.9 Å². The highest BCUT2D eigenvalue weighted by atomic mass is 16.3. The Bertz CT molecular complexity index is 224. The van der Waals surface area contributed by atoms with Gasteiger partial charge in [-0.1, -0.05) is 0 Å². The van der Waals surface area contributed by atoms with Gasteiger partial charge in [0, 0.05) is 11.5 Å². The standard InChI is InChI=1S/C12H23NO3/c14-8-12(9-15)4-3-11(16)10(7-12)13-5-1-2-6-13/h10-11,14-16H,1-9H2/t10-,11-/m1/s1. The van der Waals surface area contributed by atoms with Gasteiger partial charge in [0.15, 0.2) is 0 Å². The highest BCUT2D eigenvalue weighted by molar-refractivity contribution is 4.95. The average molecular weight is 229 g/mol. The maximum absolute atomic E-state index is 10.0. The second-order valence-corrected chi connectivity index (χ2v) is 5.44. The van der Waals surface area contributed by atoms with Crippen LogP contribution in [0.3, 0.4) is 0 Å². The smallest absolute Gasteiger partial charge is 0.0695 e. The van der Waals surface area contributed by atoms with E-state index in [1.165, 1.54) is 12.8 Å². The van der Waals surface area contributed by atoms with Crippen LogP contribution in [0.1, 0.15) is 32.1 Å². The van der Waals surface area contributed by atoms with E-state index in [-0.39, 0.29) is 30.8 Å². The van der Waals surface area contributed by atoms with E-state index in [1.54, 1.807) is 0 Å². The van der Waals surface area contributed by atoms with Crippen LogP contribution >= 0.6 is 0 Å². The van der Waals surface area contributed by atoms with E-state index in [4.69, 9.17) is 0 Å². The number of aliphatic hydroxyl groups excluding tert-OH is 3. The van der Waals surface area contributed by atoms with Gasteiger partial charge in [0.05, 0.1) is 19.3 Å². The summed E-state index contributed by atoms with van der Waals surface area (Å²) in [6.45, 7) is 2.16. The van der Waals surface area contributed by atoms with E-state index in [9.17, 15) is 15.3 Å². The summed E-state index contributed by atoms with van der Waals surface area (Å²) in [5.41, 5.74) is -0.369. The van der Waals surface area contributed by atoms with Crippen LogP contribution in [0.4, 0.5) is 0 Å². The van der Waals surface area contributed by atoms with Crippen LogP contribution in [0.5, 0.6) is 0 Å². The second-order valence-electron chi connectivity index (χ2n) is 5.44. The van der Waals surface area contributed by atoms with Crippen LogP contribution in [0.25, 0.3) is 0 Å². The van der Waals surface area contributed by atoms with Crippen molar-refractivity contribution in [2.24, 2.45) is 5.41 Å². The largest absolute Gasteiger partial charge is 0.396 e. The van der Waals surface area contributed by atoms with Crippen LogP contribution in [0, 0.1) is 5.41 Å². The molecule has 0 radical (unpaired) electrons. The van der Waals surface area contributed by atoms with Crippen molar-refractivity contribution >= 4 is 0 Å². The van der Waals surface area contributed by atoms with Gasteiger partial charge >= 0.3 is 0 Å². The molecule has 0 spiro atoms. The summed E-state index contributed by atoms with van der Waals surface area (Å²) >= 11 is 0. The molecule has 0 amide bonds. The average Bonchev–Trinajstić information content (AvgIpc) is 2.84. The Hall–Kier alpha value is -0.160. The minimum atomic E-state index is -0.369. The summed E-state index contributed by atoms with van der Waals surface area (Å²) in [4.78, 5) is 2.32. The van der Waals surface area contributed by atoms with Crippen molar-refractivity contribution in [2.75, 3.05) is 26.3 Å². The Balaban J connectivity index is 2.04. The zero-order valence-corrected chi connectivity index (χ0v) is 9.81. The van der Waals surface area contributed by atoms with Crippen LogP contribution in [-0.4, -0.2) is 58.7 Å². The molecule has 4 nitrogen and oxygen atoms in total. The molecule has 1 saturated heterocycles. The summed E-state index contributed by atoms with van der Waals surface area (Å²) in [6.07, 6.45) is 4.27. The van der Waals surface area contributed by atoms with Gasteiger partial charge < -0.3 is 15.3 Å². The third-order valence-corrected chi connectivity index (χ3v) is 4.34. The lowest BCUT2D eigenvalue weighted by Crippen LogP contribution is -2.51. The van der Waals surface area contributed by atoms with Gasteiger partial charge in [-0.05, 0) is 45.2 Å². The summed E-state index contributed by atoms with van der Waals surface area (Å²) in [6, 6.07) is 0.135. The van der Waals surface area contributed by atoms with Crippen molar-refractivity contribution in [3.8, 4) is 0 Å². The summed E-state index contributed by atoms with van der Waals surface area (Å²) in [5, 5.41) is 28.9. The molecule has 2 aliphatic rings. The van der Waals surface area contributed by atoms with Crippen LogP contribution < -0.4 is 0 Å². The summed E-state index contributed by atoms with van der Waals surface area (Å²) in [5.74, 6) is 0. The highest BCUT2D eigenvalue weighted by Crippen LogP contribution is 2.38. The molecule has 0 aromatic heterocycles. The molecule has 0 aromatic carbocycles. The maximum Gasteiger partial charge on any atom is 0.0695 e. The number of hydrogen-bond donors (Lipinski definition) is 3. The molecule has 2 atom stereocenters. The topological polar surface area (TPSA) is 63.9 Å². The van der Waals surface area contributed by atoms with Gasteiger partial charge in [0.2, 0.25) is 0 Å². The molecule has 1 aliphatic carbocycles. The fourth-order valence-electron chi connectivity index (χ4n) is 3.11. The minimum Gasteiger partial charge on any atom is -0.396 e. The molecule has 4 heteroatoms. The van der Waals surface area contributed by atoms with E-state index >= 15 is 0 Å². The second kappa shape index (κ2) is 5.00. The summed E-state index contributed by atoms with van der Waals surface area (Å²) in [7, 11) is 0. The zero-order valence-electron chi connectivity index (χ0n) is 9.81. The van der Waals surface area contributed by atoms with Crippen molar-refractivity contribution in [1.29, 1.82) is 0 Å². The van der Waals surface area contributed by atoms with Crippen LogP contribution in [0.2, 0.25) is 0 Å². The Morgan fingerprint density at radius 3 is 2.31 bits per heavy atom. The molecule has 94 valence electrons. The molecule has 2 fully saturated rings. The Morgan fingerprint density at radius 1 is 1.12 bits per heavy atom. The molecular weight excluding hydrogens is 206 g/mol. The van der Waals surface area contributed by atoms with Gasteiger partial charge in [0.1, 0.15) is 0 Å². The Morgan fingerprint density at radius 2 is 1.75 bits per heavy atom. The Labute approximate surface area is 96.9 Å². The maximum atomic E-state index is 10.0. The fourth-order valence-corrected chi connectivity index (χ4v) is 3.11. The quantitative estimate of drug-likeness (QED) is 0.636. The number of rotatable bonds is 3. The normalized spacial score (nSPS) is 35.4. The molecule has 1 heterocycles. The van der Waals surface area contributed by atoms with Crippen molar-refractivity contribution in [3.63, 3.8) is 0 Å². The van der Waals surface area contributed by atoms with Gasteiger partial charge in [-0.2, -0.15) is 0 Å². The van der Waals surface area contributed by atoms with E-state index in [1.807, 2.05) is 0 Å². The first-order valence-electron chi connectivity index (χ1n) is 6.35. The van der Waals surface area contributed by atoms with E-state index in [2.05, 4.69) is 4.90 Å². The molecular formula is C12H23NO3. The third kappa shape index (κ3) is 2.25. The lowest BCUT2D eigenvalue weighted by Gasteiger charge is -2.44. The fraction of sp³-hybridized carbons (Fsp3) is 1.00. The lowest BCUT2D eigenvalue weighted by molar-refractivity contribution is -0.0605. The van der Waals surface area contributed by atoms with Crippen LogP contribution in [-0.2, 0) is 0 Å². The molecule has 3 N–H and O–H groups in total. The predicted octanol–water partition coefficient (Wildman–Crippen LogP) is -0.0334. The molecule has 1 saturated carbocycles. The molecule has 0 unspecified atom stereocenters. The number of aliphatic hydroxyl groups is 3. The van der Waals surface area contributed by atoms with Gasteiger partial charge in [0.25, 0.3) is 0 Å². The number of hydrogen-bond acceptors (Lipinski definition) is 4. The number of nitrogens with zero attached hydrogens (tertiary/aromatic N) is 1. The number of likely N-dealkylation sites (tertiary alicyclic amines) is 1. The summed E-state index contributed by atoms with van der Waals surface area (Å²) < 4.78 is 0. The van der Waals surface area contributed by atoms with Gasteiger partial charge in [-0.25, -0.2) is 0 Å². The molecule has 0 aromatic rings. The molecule has 16 heavy (non-hydrogen) atoms. The van der Waals surface area contributed by atoms with Crippen molar-refractivity contribution in [1.82, 2.24) is 4.90 Å². The third-order valence-electron chi connectivity index (χ3n) is 4.34. The highest BCUT2D eigenvalue weighted by Gasteiger charge is 2.42. The minimum absolute atomic E-state index is 0.0283. The SMILES string of the molecule is OCC1(CO)CC[C@@H](O)[C@H](N2CCCC2)C1. The molecule has 0 bridgehead atoms. The zero-order chi connectivity index (χ0) is 11.6. The van der Waals surface area contributed by atoms with Crippen LogP contribution in [0.15, 0.2) is 0 Å². The predicted molar refractivity (Wildman–Crippen MR) is 61.1 cm³/mol. The Kier molecular flexibility index (Phi) is 3.85. The first-order valence-corrected chi connectivity index (χ1v) is 6.35. The molecule has 2 rings (SSSR count). The van der Waals surface area contributed by atoms with E-state index < -0.39 is 0 Å². The van der Waals surface area contributed by atoms with Gasteiger partial charge in [-0.3, -0.25) is 4.90 Å². The van der Waals surface area contributed by atoms with Gasteiger partial charge in [-0.15, -0.1) is 0 Å². The van der Waals surface area contributed by atoms with Crippen molar-refractivity contribution in [3.05, 3.63) is 0 Å². The first-order chi connectivity index (χ1) is 7.71.